The van der Waals surface area contributed by atoms with Gasteiger partial charge >= 0.3 is 0 Å². The third-order valence-electron chi connectivity index (χ3n) is 3.59. The molecule has 0 atom stereocenters. The molecule has 1 aliphatic rings. The number of carbonyl (C=O) groups is 2. The van der Waals surface area contributed by atoms with Gasteiger partial charge in [0, 0.05) is 18.5 Å². The van der Waals surface area contributed by atoms with Gasteiger partial charge in [0.25, 0.3) is 5.91 Å². The van der Waals surface area contributed by atoms with E-state index in [2.05, 4.69) is 20.8 Å². The Morgan fingerprint density at radius 3 is 1.93 bits per heavy atom. The number of ketones is 1. The standard InChI is InChI=1S/C11H19NO2/c1-4-11(5-2,6-3)12-8-7-9(13)10(12)14/h4-8H2,1-3H3. The molecule has 0 unspecified atom stereocenters. The largest absolute Gasteiger partial charge is 0.330 e. The zero-order chi connectivity index (χ0) is 10.8. The van der Waals surface area contributed by atoms with Gasteiger partial charge in [-0.3, -0.25) is 9.59 Å². The van der Waals surface area contributed by atoms with Gasteiger partial charge in [0.2, 0.25) is 5.78 Å². The first-order valence-corrected chi connectivity index (χ1v) is 5.46. The summed E-state index contributed by atoms with van der Waals surface area (Å²) in [6.45, 7) is 6.88. The molecule has 1 amide bonds. The molecule has 0 N–H and O–H groups in total. The summed E-state index contributed by atoms with van der Waals surface area (Å²) in [5.74, 6) is -0.486. The van der Waals surface area contributed by atoms with Crippen molar-refractivity contribution in [2.24, 2.45) is 0 Å². The Labute approximate surface area is 85.5 Å². The second-order valence-electron chi connectivity index (χ2n) is 3.91. The Morgan fingerprint density at radius 2 is 1.64 bits per heavy atom. The fourth-order valence-electron chi connectivity index (χ4n) is 2.35. The molecule has 0 saturated carbocycles. The number of carbonyl (C=O) groups excluding carboxylic acids is 2. The first-order valence-electron chi connectivity index (χ1n) is 5.46. The van der Waals surface area contributed by atoms with Crippen LogP contribution in [0.3, 0.4) is 0 Å². The number of nitrogens with zero attached hydrogens (tertiary/aromatic N) is 1. The molecule has 14 heavy (non-hydrogen) atoms. The lowest BCUT2D eigenvalue weighted by molar-refractivity contribution is -0.143. The van der Waals surface area contributed by atoms with E-state index < -0.39 is 0 Å². The van der Waals surface area contributed by atoms with Gasteiger partial charge in [-0.1, -0.05) is 20.8 Å². The Morgan fingerprint density at radius 1 is 1.14 bits per heavy atom. The average molecular weight is 197 g/mol. The quantitative estimate of drug-likeness (QED) is 0.644. The van der Waals surface area contributed by atoms with Gasteiger partial charge < -0.3 is 4.90 Å². The minimum absolute atomic E-state index is 0.0801. The summed E-state index contributed by atoms with van der Waals surface area (Å²) in [5.41, 5.74) is -0.0801. The van der Waals surface area contributed by atoms with Crippen molar-refractivity contribution in [1.29, 1.82) is 0 Å². The molecular formula is C11H19NO2. The number of Topliss-reactive ketones (excluding diaryl/α,β-unsaturated/α-hetero) is 1. The Bertz CT molecular complexity index is 235. The maximum atomic E-state index is 11.6. The van der Waals surface area contributed by atoms with E-state index in [4.69, 9.17) is 0 Å². The molecular weight excluding hydrogens is 178 g/mol. The molecule has 0 aromatic rings. The second-order valence-corrected chi connectivity index (χ2v) is 3.91. The van der Waals surface area contributed by atoms with Crippen LogP contribution in [0.4, 0.5) is 0 Å². The van der Waals surface area contributed by atoms with Crippen molar-refractivity contribution in [3.63, 3.8) is 0 Å². The number of likely N-dealkylation sites (tertiary alicyclic amines) is 1. The zero-order valence-corrected chi connectivity index (χ0v) is 9.30. The van der Waals surface area contributed by atoms with Gasteiger partial charge in [-0.15, -0.1) is 0 Å². The summed E-state index contributed by atoms with van der Waals surface area (Å²) in [5, 5.41) is 0. The van der Waals surface area contributed by atoms with E-state index in [0.717, 1.165) is 19.3 Å². The van der Waals surface area contributed by atoms with Crippen molar-refractivity contribution in [3.8, 4) is 0 Å². The van der Waals surface area contributed by atoms with Gasteiger partial charge in [-0.05, 0) is 19.3 Å². The maximum Gasteiger partial charge on any atom is 0.290 e. The summed E-state index contributed by atoms with van der Waals surface area (Å²) in [4.78, 5) is 24.6. The fourth-order valence-corrected chi connectivity index (χ4v) is 2.35. The first kappa shape index (κ1) is 11.2. The topological polar surface area (TPSA) is 37.4 Å². The van der Waals surface area contributed by atoms with E-state index in [0.29, 0.717) is 13.0 Å². The van der Waals surface area contributed by atoms with Crippen molar-refractivity contribution in [1.82, 2.24) is 4.90 Å². The number of hydrogen-bond donors (Lipinski definition) is 0. The normalized spacial score (nSPS) is 18.1. The molecule has 3 nitrogen and oxygen atoms in total. The number of rotatable bonds is 4. The second kappa shape index (κ2) is 4.11. The summed E-state index contributed by atoms with van der Waals surface area (Å²) in [6.07, 6.45) is 3.19. The molecule has 0 aromatic carbocycles. The average Bonchev–Trinajstić information content (AvgIpc) is 2.54. The minimum atomic E-state index is -0.268. The summed E-state index contributed by atoms with van der Waals surface area (Å²) in [7, 11) is 0. The lowest BCUT2D eigenvalue weighted by Crippen LogP contribution is -2.49. The molecule has 80 valence electrons. The molecule has 1 saturated heterocycles. The van der Waals surface area contributed by atoms with Crippen LogP contribution in [0.5, 0.6) is 0 Å². The van der Waals surface area contributed by atoms with Crippen LogP contribution < -0.4 is 0 Å². The molecule has 1 fully saturated rings. The Hall–Kier alpha value is -0.860. The molecule has 0 aliphatic carbocycles. The summed E-state index contributed by atoms with van der Waals surface area (Å²) in [6, 6.07) is 0. The van der Waals surface area contributed by atoms with E-state index in [1.807, 2.05) is 0 Å². The van der Waals surface area contributed by atoms with E-state index in [-0.39, 0.29) is 17.2 Å². The van der Waals surface area contributed by atoms with Crippen LogP contribution in [0.1, 0.15) is 46.5 Å². The predicted octanol–water partition coefficient (Wildman–Crippen LogP) is 1.76. The van der Waals surface area contributed by atoms with Crippen LogP contribution in [0, 0.1) is 0 Å². The van der Waals surface area contributed by atoms with Gasteiger partial charge in [0.15, 0.2) is 0 Å². The van der Waals surface area contributed by atoms with Gasteiger partial charge in [0.1, 0.15) is 0 Å². The highest BCUT2D eigenvalue weighted by atomic mass is 16.2. The molecule has 0 spiro atoms. The smallest absolute Gasteiger partial charge is 0.290 e. The van der Waals surface area contributed by atoms with E-state index in [1.165, 1.54) is 0 Å². The van der Waals surface area contributed by atoms with Gasteiger partial charge in [0.05, 0.1) is 0 Å². The SMILES string of the molecule is CCC(CC)(CC)N1CCC(=O)C1=O. The monoisotopic (exact) mass is 197 g/mol. The highest BCUT2D eigenvalue weighted by Crippen LogP contribution is 2.30. The summed E-state index contributed by atoms with van der Waals surface area (Å²) >= 11 is 0. The zero-order valence-electron chi connectivity index (χ0n) is 9.30. The van der Waals surface area contributed by atoms with E-state index in [1.54, 1.807) is 4.90 Å². The van der Waals surface area contributed by atoms with Gasteiger partial charge in [-0.2, -0.15) is 0 Å². The van der Waals surface area contributed by atoms with Crippen LogP contribution in [0.15, 0.2) is 0 Å². The Balaban J connectivity index is 2.89. The Kier molecular flexibility index (Phi) is 3.29. The first-order chi connectivity index (χ1) is 6.61. The van der Waals surface area contributed by atoms with Crippen molar-refractivity contribution >= 4 is 11.7 Å². The van der Waals surface area contributed by atoms with Crippen LogP contribution in [0.25, 0.3) is 0 Å². The molecule has 1 rings (SSSR count). The minimum Gasteiger partial charge on any atom is -0.330 e. The highest BCUT2D eigenvalue weighted by Gasteiger charge is 2.41. The number of amides is 1. The molecule has 0 radical (unpaired) electrons. The summed E-state index contributed by atoms with van der Waals surface area (Å²) < 4.78 is 0. The molecule has 1 heterocycles. The lowest BCUT2D eigenvalue weighted by Gasteiger charge is -2.39. The molecule has 0 bridgehead atoms. The number of hydrogen-bond acceptors (Lipinski definition) is 2. The van der Waals surface area contributed by atoms with Crippen molar-refractivity contribution in [2.45, 2.75) is 52.0 Å². The fraction of sp³-hybridized carbons (Fsp3) is 0.818. The van der Waals surface area contributed by atoms with E-state index >= 15 is 0 Å². The molecule has 3 heteroatoms. The molecule has 0 aromatic heterocycles. The van der Waals surface area contributed by atoms with Gasteiger partial charge in [-0.25, -0.2) is 0 Å². The van der Waals surface area contributed by atoms with Crippen molar-refractivity contribution in [3.05, 3.63) is 0 Å². The van der Waals surface area contributed by atoms with Crippen LogP contribution in [0.2, 0.25) is 0 Å². The third-order valence-corrected chi connectivity index (χ3v) is 3.59. The van der Waals surface area contributed by atoms with E-state index in [9.17, 15) is 9.59 Å². The van der Waals surface area contributed by atoms with Crippen LogP contribution in [-0.4, -0.2) is 28.7 Å². The predicted molar refractivity (Wildman–Crippen MR) is 54.9 cm³/mol. The van der Waals surface area contributed by atoms with Crippen LogP contribution in [-0.2, 0) is 9.59 Å². The highest BCUT2D eigenvalue weighted by molar-refractivity contribution is 6.38. The van der Waals surface area contributed by atoms with Crippen LogP contribution >= 0.6 is 0 Å². The van der Waals surface area contributed by atoms with Crippen molar-refractivity contribution < 1.29 is 9.59 Å². The van der Waals surface area contributed by atoms with Crippen molar-refractivity contribution in [2.75, 3.05) is 6.54 Å². The maximum absolute atomic E-state index is 11.6. The third kappa shape index (κ3) is 1.56. The molecule has 1 aliphatic heterocycles. The lowest BCUT2D eigenvalue weighted by atomic mass is 9.88.